The minimum Gasteiger partial charge on any atom is -0.336 e. The molecular formula is C19H17N5O3S2. The topological polar surface area (TPSA) is 107 Å². The SMILES string of the molecule is N#CCc1cccc(C(=O)N2CCN(S(=O)(=O)c3cccc4nsnc34)CC2)c1. The summed E-state index contributed by atoms with van der Waals surface area (Å²) in [4.78, 5) is 14.6. The van der Waals surface area contributed by atoms with Crippen LogP contribution in [0.1, 0.15) is 15.9 Å². The maximum Gasteiger partial charge on any atom is 0.253 e. The number of carbonyl (C=O) groups excluding carboxylic acids is 1. The van der Waals surface area contributed by atoms with Gasteiger partial charge >= 0.3 is 0 Å². The van der Waals surface area contributed by atoms with Crippen LogP contribution < -0.4 is 0 Å². The van der Waals surface area contributed by atoms with Gasteiger partial charge in [0.15, 0.2) is 0 Å². The van der Waals surface area contributed by atoms with Crippen LogP contribution in [0.5, 0.6) is 0 Å². The molecule has 1 aliphatic rings. The van der Waals surface area contributed by atoms with Crippen molar-refractivity contribution < 1.29 is 13.2 Å². The fourth-order valence-corrected chi connectivity index (χ4v) is 5.52. The zero-order chi connectivity index (χ0) is 20.4. The number of fused-ring (bicyclic) bond motifs is 1. The zero-order valence-electron chi connectivity index (χ0n) is 15.4. The smallest absolute Gasteiger partial charge is 0.253 e. The van der Waals surface area contributed by atoms with Crippen molar-refractivity contribution in [2.45, 2.75) is 11.3 Å². The number of aromatic nitrogens is 2. The van der Waals surface area contributed by atoms with Crippen LogP contribution in [0.15, 0.2) is 47.4 Å². The molecule has 0 N–H and O–H groups in total. The normalized spacial score (nSPS) is 15.3. The van der Waals surface area contributed by atoms with Gasteiger partial charge in [0.25, 0.3) is 5.91 Å². The maximum absolute atomic E-state index is 13.1. The van der Waals surface area contributed by atoms with Crippen molar-refractivity contribution >= 4 is 38.7 Å². The second-order valence-electron chi connectivity index (χ2n) is 6.62. The van der Waals surface area contributed by atoms with E-state index in [1.54, 1.807) is 41.3 Å². The lowest BCUT2D eigenvalue weighted by Crippen LogP contribution is -2.50. The Morgan fingerprint density at radius 2 is 1.86 bits per heavy atom. The molecule has 0 aliphatic carbocycles. The Bertz CT molecular complexity index is 1210. The van der Waals surface area contributed by atoms with E-state index in [4.69, 9.17) is 5.26 Å². The first-order chi connectivity index (χ1) is 14.0. The first kappa shape index (κ1) is 19.4. The average Bonchev–Trinajstić information content (AvgIpc) is 3.22. The number of carbonyl (C=O) groups is 1. The fraction of sp³-hybridized carbons (Fsp3) is 0.263. The molecule has 148 valence electrons. The molecule has 3 aromatic rings. The Labute approximate surface area is 172 Å². The summed E-state index contributed by atoms with van der Waals surface area (Å²) < 4.78 is 35.8. The monoisotopic (exact) mass is 427 g/mol. The number of piperazine rings is 1. The quantitative estimate of drug-likeness (QED) is 0.629. The molecule has 29 heavy (non-hydrogen) atoms. The van der Waals surface area contributed by atoms with Crippen LogP contribution in [0.25, 0.3) is 11.0 Å². The van der Waals surface area contributed by atoms with Crippen LogP contribution in [0.4, 0.5) is 0 Å². The van der Waals surface area contributed by atoms with E-state index in [2.05, 4.69) is 14.8 Å². The summed E-state index contributed by atoms with van der Waals surface area (Å²) in [6, 6.07) is 14.0. The molecule has 0 bridgehead atoms. The molecule has 1 fully saturated rings. The lowest BCUT2D eigenvalue weighted by molar-refractivity contribution is 0.0698. The lowest BCUT2D eigenvalue weighted by atomic mass is 10.1. The van der Waals surface area contributed by atoms with Gasteiger partial charge in [-0.1, -0.05) is 18.2 Å². The number of nitriles is 1. The van der Waals surface area contributed by atoms with E-state index in [9.17, 15) is 13.2 Å². The Morgan fingerprint density at radius 3 is 2.62 bits per heavy atom. The van der Waals surface area contributed by atoms with Gasteiger partial charge in [0, 0.05) is 31.7 Å². The average molecular weight is 428 g/mol. The molecule has 1 amide bonds. The number of rotatable bonds is 4. The highest BCUT2D eigenvalue weighted by atomic mass is 32.2. The molecule has 2 aromatic carbocycles. The van der Waals surface area contributed by atoms with Crippen LogP contribution in [0, 0.1) is 11.3 Å². The number of benzene rings is 2. The molecule has 1 saturated heterocycles. The third-order valence-electron chi connectivity index (χ3n) is 4.85. The van der Waals surface area contributed by atoms with E-state index >= 15 is 0 Å². The molecule has 0 atom stereocenters. The molecule has 10 heteroatoms. The minimum atomic E-state index is -3.72. The fourth-order valence-electron chi connectivity index (χ4n) is 3.35. The van der Waals surface area contributed by atoms with Crippen molar-refractivity contribution in [3.05, 3.63) is 53.6 Å². The summed E-state index contributed by atoms with van der Waals surface area (Å²) >= 11 is 0.980. The standard InChI is InChI=1S/C19H17N5O3S2/c20-8-7-14-3-1-4-15(13-14)19(25)23-9-11-24(12-10-23)29(26,27)17-6-2-5-16-18(17)22-28-21-16/h1-6,13H,7,9-12H2. The van der Waals surface area contributed by atoms with Crippen molar-refractivity contribution in [1.29, 1.82) is 5.26 Å². The Kier molecular flexibility index (Phi) is 5.27. The van der Waals surface area contributed by atoms with Crippen molar-refractivity contribution in [2.75, 3.05) is 26.2 Å². The summed E-state index contributed by atoms with van der Waals surface area (Å²) in [7, 11) is -3.72. The third-order valence-corrected chi connectivity index (χ3v) is 7.32. The predicted molar refractivity (Wildman–Crippen MR) is 108 cm³/mol. The Hall–Kier alpha value is -2.87. The van der Waals surface area contributed by atoms with E-state index in [-0.39, 0.29) is 30.3 Å². The van der Waals surface area contributed by atoms with E-state index in [0.29, 0.717) is 29.7 Å². The first-order valence-electron chi connectivity index (χ1n) is 8.97. The van der Waals surface area contributed by atoms with Gasteiger partial charge in [-0.3, -0.25) is 4.79 Å². The highest BCUT2D eigenvalue weighted by Gasteiger charge is 2.32. The van der Waals surface area contributed by atoms with Gasteiger partial charge < -0.3 is 4.90 Å². The summed E-state index contributed by atoms with van der Waals surface area (Å²) in [6.07, 6.45) is 0.240. The van der Waals surface area contributed by atoms with Gasteiger partial charge in [0.05, 0.1) is 24.2 Å². The van der Waals surface area contributed by atoms with E-state index in [0.717, 1.165) is 17.3 Å². The van der Waals surface area contributed by atoms with E-state index in [1.807, 2.05) is 0 Å². The van der Waals surface area contributed by atoms with E-state index < -0.39 is 10.0 Å². The maximum atomic E-state index is 13.1. The molecule has 8 nitrogen and oxygen atoms in total. The van der Waals surface area contributed by atoms with Gasteiger partial charge in [-0.2, -0.15) is 18.3 Å². The largest absolute Gasteiger partial charge is 0.336 e. The molecule has 1 aromatic heterocycles. The third kappa shape index (κ3) is 3.72. The lowest BCUT2D eigenvalue weighted by Gasteiger charge is -2.34. The van der Waals surface area contributed by atoms with Gasteiger partial charge in [0.1, 0.15) is 15.9 Å². The molecule has 0 spiro atoms. The van der Waals surface area contributed by atoms with Gasteiger partial charge in [-0.05, 0) is 29.8 Å². The van der Waals surface area contributed by atoms with Gasteiger partial charge in [-0.15, -0.1) is 0 Å². The van der Waals surface area contributed by atoms with Gasteiger partial charge in [0.2, 0.25) is 10.0 Å². The number of nitrogens with zero attached hydrogens (tertiary/aromatic N) is 5. The van der Waals surface area contributed by atoms with Crippen LogP contribution in [-0.2, 0) is 16.4 Å². The summed E-state index contributed by atoms with van der Waals surface area (Å²) in [5.41, 5.74) is 2.23. The summed E-state index contributed by atoms with van der Waals surface area (Å²) in [5.74, 6) is -0.160. The number of hydrogen-bond acceptors (Lipinski definition) is 7. The van der Waals surface area contributed by atoms with Crippen molar-refractivity contribution in [3.8, 4) is 6.07 Å². The molecule has 0 unspecified atom stereocenters. The van der Waals surface area contributed by atoms with Gasteiger partial charge in [-0.25, -0.2) is 8.42 Å². The molecule has 0 saturated carbocycles. The minimum absolute atomic E-state index is 0.146. The second-order valence-corrected chi connectivity index (χ2v) is 9.05. The number of sulfonamides is 1. The van der Waals surface area contributed by atoms with Crippen LogP contribution in [0.2, 0.25) is 0 Å². The van der Waals surface area contributed by atoms with Crippen molar-refractivity contribution in [3.63, 3.8) is 0 Å². The van der Waals surface area contributed by atoms with Crippen molar-refractivity contribution in [1.82, 2.24) is 18.0 Å². The predicted octanol–water partition coefficient (Wildman–Crippen LogP) is 1.90. The number of hydrogen-bond donors (Lipinski definition) is 0. The van der Waals surface area contributed by atoms with E-state index in [1.165, 1.54) is 10.4 Å². The number of amides is 1. The Morgan fingerprint density at radius 1 is 1.10 bits per heavy atom. The van der Waals surface area contributed by atoms with Crippen LogP contribution >= 0.6 is 11.7 Å². The first-order valence-corrected chi connectivity index (χ1v) is 11.1. The molecule has 0 radical (unpaired) electrons. The van der Waals surface area contributed by atoms with Crippen LogP contribution in [-0.4, -0.2) is 58.5 Å². The summed E-state index contributed by atoms with van der Waals surface area (Å²) in [6.45, 7) is 1.01. The molecular weight excluding hydrogens is 410 g/mol. The second kappa shape index (κ2) is 7.87. The highest BCUT2D eigenvalue weighted by molar-refractivity contribution is 7.89. The molecule has 4 rings (SSSR count). The highest BCUT2D eigenvalue weighted by Crippen LogP contribution is 2.25. The molecule has 1 aliphatic heterocycles. The Balaban J connectivity index is 1.49. The van der Waals surface area contributed by atoms with Crippen LogP contribution in [0.3, 0.4) is 0 Å². The molecule has 2 heterocycles. The zero-order valence-corrected chi connectivity index (χ0v) is 17.0. The summed E-state index contributed by atoms with van der Waals surface area (Å²) in [5, 5.41) is 8.83. The van der Waals surface area contributed by atoms with Crippen molar-refractivity contribution in [2.24, 2.45) is 0 Å².